The molecule has 1 aromatic carbocycles. The Balaban J connectivity index is 2.84. The standard InChI is InChI=1S/C22H33O3P/c1-5-8-21(14-13-19-9-11-20(17-24)12-10-19)18(2)26(4)22(3,25)15-6-7-16-23/h9-12,14,17,23,25H,2,5-8,13,15-16H2,1,3-4H3/b21-14-. The van der Waals surface area contributed by atoms with Gasteiger partial charge in [-0.05, 0) is 70.1 Å². The highest BCUT2D eigenvalue weighted by molar-refractivity contribution is 7.62. The maximum Gasteiger partial charge on any atom is 0.150 e. The molecule has 3 nitrogen and oxygen atoms in total. The van der Waals surface area contributed by atoms with E-state index in [4.69, 9.17) is 5.11 Å². The molecule has 144 valence electrons. The van der Waals surface area contributed by atoms with Gasteiger partial charge < -0.3 is 10.2 Å². The van der Waals surface area contributed by atoms with Gasteiger partial charge in [0.25, 0.3) is 0 Å². The van der Waals surface area contributed by atoms with Gasteiger partial charge in [-0.2, -0.15) is 0 Å². The van der Waals surface area contributed by atoms with Crippen molar-refractivity contribution in [3.8, 4) is 0 Å². The zero-order valence-corrected chi connectivity index (χ0v) is 17.3. The minimum atomic E-state index is -0.776. The number of aliphatic hydroxyl groups excluding tert-OH is 1. The lowest BCUT2D eigenvalue weighted by Crippen LogP contribution is -2.22. The maximum absolute atomic E-state index is 10.9. The Kier molecular flexibility index (Phi) is 10.0. The maximum atomic E-state index is 10.9. The summed E-state index contributed by atoms with van der Waals surface area (Å²) in [4.78, 5) is 10.8. The van der Waals surface area contributed by atoms with Crippen molar-refractivity contribution in [2.75, 3.05) is 13.3 Å². The highest BCUT2D eigenvalue weighted by Gasteiger charge is 2.30. The minimum Gasteiger partial charge on any atom is -0.396 e. The lowest BCUT2D eigenvalue weighted by atomic mass is 10.0. The van der Waals surface area contributed by atoms with Gasteiger partial charge in [-0.15, -0.1) is 0 Å². The topological polar surface area (TPSA) is 57.5 Å². The van der Waals surface area contributed by atoms with Crippen LogP contribution in [0.5, 0.6) is 0 Å². The average Bonchev–Trinajstić information content (AvgIpc) is 2.64. The second-order valence-corrected chi connectivity index (χ2v) is 9.57. The first-order valence-corrected chi connectivity index (χ1v) is 11.1. The number of hydrogen-bond acceptors (Lipinski definition) is 3. The lowest BCUT2D eigenvalue weighted by Gasteiger charge is -2.33. The SMILES string of the molecule is C=C(/C(=C\Cc1ccc(C=O)cc1)CCC)P(C)C(C)(O)CCCCO. The molecule has 4 heteroatoms. The van der Waals surface area contributed by atoms with Gasteiger partial charge in [0.05, 0.1) is 5.34 Å². The van der Waals surface area contributed by atoms with E-state index in [0.29, 0.717) is 12.0 Å². The van der Waals surface area contributed by atoms with Crippen molar-refractivity contribution in [3.63, 3.8) is 0 Å². The molecule has 0 saturated carbocycles. The third-order valence-electron chi connectivity index (χ3n) is 4.78. The Labute approximate surface area is 159 Å². The molecule has 26 heavy (non-hydrogen) atoms. The van der Waals surface area contributed by atoms with E-state index in [1.54, 1.807) is 0 Å². The van der Waals surface area contributed by atoms with Crippen LogP contribution in [-0.4, -0.2) is 35.1 Å². The van der Waals surface area contributed by atoms with E-state index in [1.807, 2.05) is 31.2 Å². The van der Waals surface area contributed by atoms with Crippen LogP contribution in [0.4, 0.5) is 0 Å². The largest absolute Gasteiger partial charge is 0.396 e. The van der Waals surface area contributed by atoms with Crippen molar-refractivity contribution < 1.29 is 15.0 Å². The molecule has 0 radical (unpaired) electrons. The van der Waals surface area contributed by atoms with E-state index in [0.717, 1.165) is 49.3 Å². The monoisotopic (exact) mass is 376 g/mol. The number of aldehydes is 1. The van der Waals surface area contributed by atoms with Crippen LogP contribution < -0.4 is 0 Å². The van der Waals surface area contributed by atoms with Gasteiger partial charge in [0.2, 0.25) is 0 Å². The van der Waals surface area contributed by atoms with Crippen molar-refractivity contribution in [3.05, 3.63) is 58.9 Å². The number of hydrogen-bond donors (Lipinski definition) is 2. The number of aliphatic hydroxyl groups is 2. The van der Waals surface area contributed by atoms with Crippen LogP contribution >= 0.6 is 7.92 Å². The molecule has 2 unspecified atom stereocenters. The molecule has 1 rings (SSSR count). The molecule has 0 saturated heterocycles. The zero-order chi connectivity index (χ0) is 19.6. The van der Waals surface area contributed by atoms with Crippen molar-refractivity contribution in [1.29, 1.82) is 0 Å². The van der Waals surface area contributed by atoms with Crippen molar-refractivity contribution in [2.24, 2.45) is 0 Å². The fourth-order valence-electron chi connectivity index (χ4n) is 2.85. The minimum absolute atomic E-state index is 0.169. The molecule has 1 aromatic rings. The predicted molar refractivity (Wildman–Crippen MR) is 112 cm³/mol. The summed E-state index contributed by atoms with van der Waals surface area (Å²) >= 11 is 0. The number of benzene rings is 1. The van der Waals surface area contributed by atoms with Crippen LogP contribution in [0, 0.1) is 0 Å². The summed E-state index contributed by atoms with van der Waals surface area (Å²) < 4.78 is 0. The summed E-state index contributed by atoms with van der Waals surface area (Å²) in [6.45, 7) is 10.6. The highest BCUT2D eigenvalue weighted by atomic mass is 31.1. The van der Waals surface area contributed by atoms with Gasteiger partial charge in [0.15, 0.2) is 0 Å². The van der Waals surface area contributed by atoms with Gasteiger partial charge >= 0.3 is 0 Å². The van der Waals surface area contributed by atoms with Crippen LogP contribution in [0.25, 0.3) is 0 Å². The average molecular weight is 376 g/mol. The van der Waals surface area contributed by atoms with E-state index >= 15 is 0 Å². The van der Waals surface area contributed by atoms with Crippen LogP contribution in [0.3, 0.4) is 0 Å². The van der Waals surface area contributed by atoms with Crippen molar-refractivity contribution >= 4 is 14.2 Å². The molecular weight excluding hydrogens is 343 g/mol. The molecule has 2 atom stereocenters. The summed E-state index contributed by atoms with van der Waals surface area (Å²) in [5.41, 5.74) is 3.07. The van der Waals surface area contributed by atoms with E-state index in [1.165, 1.54) is 5.57 Å². The number of carbonyl (C=O) groups is 1. The van der Waals surface area contributed by atoms with Crippen LogP contribution in [0.15, 0.2) is 47.8 Å². The normalized spacial score (nSPS) is 15.3. The number of rotatable bonds is 12. The summed E-state index contributed by atoms with van der Waals surface area (Å²) in [5, 5.41) is 20.1. The third-order valence-corrected chi connectivity index (χ3v) is 7.54. The third kappa shape index (κ3) is 7.15. The summed E-state index contributed by atoms with van der Waals surface area (Å²) in [6.07, 6.45) is 8.07. The lowest BCUT2D eigenvalue weighted by molar-refractivity contribution is 0.112. The Morgan fingerprint density at radius 2 is 1.92 bits per heavy atom. The van der Waals surface area contributed by atoms with Gasteiger partial charge in [-0.25, -0.2) is 0 Å². The summed E-state index contributed by atoms with van der Waals surface area (Å²) in [6, 6.07) is 7.63. The molecular formula is C22H33O3P. The second kappa shape index (κ2) is 11.4. The van der Waals surface area contributed by atoms with Crippen LogP contribution in [0.1, 0.15) is 61.9 Å². The highest BCUT2D eigenvalue weighted by Crippen LogP contribution is 2.56. The van der Waals surface area contributed by atoms with E-state index < -0.39 is 13.3 Å². The Bertz CT molecular complexity index is 602. The number of carbonyl (C=O) groups excluding carboxylic acids is 1. The number of unbranched alkanes of at least 4 members (excludes halogenated alkanes) is 1. The summed E-state index contributed by atoms with van der Waals surface area (Å²) in [7, 11) is -0.776. The quantitative estimate of drug-likeness (QED) is 0.226. The van der Waals surface area contributed by atoms with Gasteiger partial charge in [-0.3, -0.25) is 4.79 Å². The molecule has 0 aliphatic heterocycles. The molecule has 0 aromatic heterocycles. The van der Waals surface area contributed by atoms with Crippen LogP contribution in [-0.2, 0) is 6.42 Å². The molecule has 0 aliphatic carbocycles. The smallest absolute Gasteiger partial charge is 0.150 e. The first-order chi connectivity index (χ1) is 12.4. The fraction of sp³-hybridized carbons (Fsp3) is 0.500. The first kappa shape index (κ1) is 22.8. The fourth-order valence-corrected chi connectivity index (χ4v) is 4.56. The Morgan fingerprint density at radius 1 is 1.27 bits per heavy atom. The van der Waals surface area contributed by atoms with Crippen molar-refractivity contribution in [1.82, 2.24) is 0 Å². The van der Waals surface area contributed by atoms with Crippen molar-refractivity contribution in [2.45, 2.75) is 57.7 Å². The van der Waals surface area contributed by atoms with Gasteiger partial charge in [0, 0.05) is 12.2 Å². The van der Waals surface area contributed by atoms with E-state index in [9.17, 15) is 9.90 Å². The second-order valence-electron chi connectivity index (χ2n) is 6.95. The Hall–Kier alpha value is -1.28. The molecule has 0 bridgehead atoms. The predicted octanol–water partition coefficient (Wildman–Crippen LogP) is 5.26. The zero-order valence-electron chi connectivity index (χ0n) is 16.4. The molecule has 0 aliphatic rings. The molecule has 0 fully saturated rings. The number of allylic oxidation sites excluding steroid dienone is 3. The van der Waals surface area contributed by atoms with E-state index in [2.05, 4.69) is 26.2 Å². The van der Waals surface area contributed by atoms with E-state index in [-0.39, 0.29) is 6.61 Å². The summed E-state index contributed by atoms with van der Waals surface area (Å²) in [5.74, 6) is 0. The Morgan fingerprint density at radius 3 is 2.46 bits per heavy atom. The molecule has 0 amide bonds. The van der Waals surface area contributed by atoms with Crippen LogP contribution in [0.2, 0.25) is 0 Å². The van der Waals surface area contributed by atoms with Gasteiger partial charge in [-0.1, -0.05) is 50.3 Å². The molecule has 0 heterocycles. The first-order valence-electron chi connectivity index (χ1n) is 9.35. The molecule has 0 spiro atoms. The molecule has 2 N–H and O–H groups in total. The van der Waals surface area contributed by atoms with Gasteiger partial charge in [0.1, 0.15) is 6.29 Å².